The molecule has 2 N–H and O–H groups in total. The molecule has 0 aromatic carbocycles. The van der Waals surface area contributed by atoms with E-state index >= 15 is 0 Å². The summed E-state index contributed by atoms with van der Waals surface area (Å²) >= 11 is 0. The van der Waals surface area contributed by atoms with Crippen molar-refractivity contribution in [1.82, 2.24) is 15.5 Å². The lowest BCUT2D eigenvalue weighted by Crippen LogP contribution is -2.43. The van der Waals surface area contributed by atoms with E-state index in [0.29, 0.717) is 6.04 Å². The fraction of sp³-hybridized carbons (Fsp3) is 0.933. The van der Waals surface area contributed by atoms with Gasteiger partial charge in [0.2, 0.25) is 5.91 Å². The lowest BCUT2D eigenvalue weighted by atomic mass is 9.91. The summed E-state index contributed by atoms with van der Waals surface area (Å²) in [5.41, 5.74) is 0. The fourth-order valence-electron chi connectivity index (χ4n) is 3.26. The van der Waals surface area contributed by atoms with Crippen LogP contribution in [0.4, 0.5) is 0 Å². The molecule has 2 atom stereocenters. The number of nitrogens with one attached hydrogen (secondary N) is 2. The molecule has 0 bridgehead atoms. The molecule has 2 aliphatic heterocycles. The van der Waals surface area contributed by atoms with E-state index in [-0.39, 0.29) is 11.8 Å². The molecular formula is C15H29N3O. The zero-order valence-corrected chi connectivity index (χ0v) is 12.5. The monoisotopic (exact) mass is 267 g/mol. The first-order valence-electron chi connectivity index (χ1n) is 7.85. The van der Waals surface area contributed by atoms with Gasteiger partial charge in [-0.25, -0.2) is 0 Å². The quantitative estimate of drug-likeness (QED) is 0.805. The third-order valence-corrected chi connectivity index (χ3v) is 4.68. The maximum atomic E-state index is 12.1. The van der Waals surface area contributed by atoms with E-state index in [1.54, 1.807) is 0 Å². The maximum Gasteiger partial charge on any atom is 0.223 e. The maximum absolute atomic E-state index is 12.1. The SMILES string of the molecule is CC1CC(C(=O)NCCC2CCN(C)CC2)CCN1. The summed E-state index contributed by atoms with van der Waals surface area (Å²) in [7, 11) is 2.19. The highest BCUT2D eigenvalue weighted by molar-refractivity contribution is 5.78. The minimum Gasteiger partial charge on any atom is -0.356 e. The van der Waals surface area contributed by atoms with Crippen molar-refractivity contribution in [3.05, 3.63) is 0 Å². The fourth-order valence-corrected chi connectivity index (χ4v) is 3.26. The minimum absolute atomic E-state index is 0.230. The summed E-state index contributed by atoms with van der Waals surface area (Å²) in [5, 5.41) is 6.55. The van der Waals surface area contributed by atoms with Crippen molar-refractivity contribution in [2.75, 3.05) is 33.2 Å². The number of rotatable bonds is 4. The molecule has 0 aromatic heterocycles. The van der Waals surface area contributed by atoms with Crippen LogP contribution < -0.4 is 10.6 Å². The molecule has 2 aliphatic rings. The number of amides is 1. The van der Waals surface area contributed by atoms with Gasteiger partial charge in [0.25, 0.3) is 0 Å². The first-order chi connectivity index (χ1) is 9.15. The van der Waals surface area contributed by atoms with Gasteiger partial charge in [0.1, 0.15) is 0 Å². The summed E-state index contributed by atoms with van der Waals surface area (Å²) < 4.78 is 0. The number of hydrogen-bond acceptors (Lipinski definition) is 3. The van der Waals surface area contributed by atoms with E-state index in [0.717, 1.165) is 38.3 Å². The average molecular weight is 267 g/mol. The third-order valence-electron chi connectivity index (χ3n) is 4.68. The van der Waals surface area contributed by atoms with E-state index in [9.17, 15) is 4.79 Å². The molecule has 2 heterocycles. The zero-order valence-electron chi connectivity index (χ0n) is 12.5. The highest BCUT2D eigenvalue weighted by atomic mass is 16.1. The molecule has 4 nitrogen and oxygen atoms in total. The Bertz CT molecular complexity index is 287. The molecule has 19 heavy (non-hydrogen) atoms. The molecule has 1 amide bonds. The van der Waals surface area contributed by atoms with Crippen LogP contribution in [-0.2, 0) is 4.79 Å². The second-order valence-electron chi connectivity index (χ2n) is 6.40. The van der Waals surface area contributed by atoms with Crippen molar-refractivity contribution in [3.8, 4) is 0 Å². The molecule has 0 spiro atoms. The van der Waals surface area contributed by atoms with Crippen LogP contribution in [-0.4, -0.2) is 50.1 Å². The molecule has 0 radical (unpaired) electrons. The van der Waals surface area contributed by atoms with Gasteiger partial charge in [-0.15, -0.1) is 0 Å². The number of likely N-dealkylation sites (tertiary alicyclic amines) is 1. The highest BCUT2D eigenvalue weighted by Crippen LogP contribution is 2.19. The van der Waals surface area contributed by atoms with Gasteiger partial charge in [-0.1, -0.05) is 0 Å². The molecule has 2 unspecified atom stereocenters. The van der Waals surface area contributed by atoms with Gasteiger partial charge < -0.3 is 15.5 Å². The second kappa shape index (κ2) is 7.25. The largest absolute Gasteiger partial charge is 0.356 e. The Morgan fingerprint density at radius 3 is 2.74 bits per heavy atom. The van der Waals surface area contributed by atoms with Crippen molar-refractivity contribution in [2.45, 2.75) is 45.1 Å². The van der Waals surface area contributed by atoms with Crippen LogP contribution in [0.25, 0.3) is 0 Å². The van der Waals surface area contributed by atoms with Gasteiger partial charge in [0, 0.05) is 18.5 Å². The Kier molecular flexibility index (Phi) is 5.64. The predicted octanol–water partition coefficient (Wildman–Crippen LogP) is 1.22. The molecule has 2 fully saturated rings. The van der Waals surface area contributed by atoms with Crippen molar-refractivity contribution >= 4 is 5.91 Å². The molecule has 0 aliphatic carbocycles. The summed E-state index contributed by atoms with van der Waals surface area (Å²) in [6.07, 6.45) is 5.71. The van der Waals surface area contributed by atoms with E-state index < -0.39 is 0 Å². The molecule has 110 valence electrons. The van der Waals surface area contributed by atoms with Crippen LogP contribution in [0.5, 0.6) is 0 Å². The minimum atomic E-state index is 0.230. The third kappa shape index (κ3) is 4.77. The van der Waals surface area contributed by atoms with Crippen LogP contribution in [0.15, 0.2) is 0 Å². The number of hydrogen-bond donors (Lipinski definition) is 2. The first kappa shape index (κ1) is 14.8. The Morgan fingerprint density at radius 1 is 1.32 bits per heavy atom. The number of carbonyl (C=O) groups is 1. The highest BCUT2D eigenvalue weighted by Gasteiger charge is 2.24. The molecule has 4 heteroatoms. The van der Waals surface area contributed by atoms with Gasteiger partial charge in [-0.3, -0.25) is 4.79 Å². The van der Waals surface area contributed by atoms with Gasteiger partial charge in [-0.2, -0.15) is 0 Å². The van der Waals surface area contributed by atoms with Crippen molar-refractivity contribution in [2.24, 2.45) is 11.8 Å². The van der Waals surface area contributed by atoms with Gasteiger partial charge in [-0.05, 0) is 71.6 Å². The van der Waals surface area contributed by atoms with Crippen molar-refractivity contribution in [3.63, 3.8) is 0 Å². The van der Waals surface area contributed by atoms with E-state index in [2.05, 4.69) is 29.5 Å². The number of carbonyl (C=O) groups excluding carboxylic acids is 1. The van der Waals surface area contributed by atoms with Crippen molar-refractivity contribution in [1.29, 1.82) is 0 Å². The van der Waals surface area contributed by atoms with Gasteiger partial charge >= 0.3 is 0 Å². The molecular weight excluding hydrogens is 238 g/mol. The summed E-state index contributed by atoms with van der Waals surface area (Å²) in [6.45, 7) is 6.44. The first-order valence-corrected chi connectivity index (χ1v) is 7.85. The molecule has 0 aromatic rings. The molecule has 0 saturated carbocycles. The zero-order chi connectivity index (χ0) is 13.7. The lowest BCUT2D eigenvalue weighted by molar-refractivity contribution is -0.126. The van der Waals surface area contributed by atoms with Crippen LogP contribution in [0.2, 0.25) is 0 Å². The average Bonchev–Trinajstić information content (AvgIpc) is 2.41. The normalized spacial score (nSPS) is 30.2. The van der Waals surface area contributed by atoms with Crippen LogP contribution in [0.3, 0.4) is 0 Å². The second-order valence-corrected chi connectivity index (χ2v) is 6.40. The van der Waals surface area contributed by atoms with Crippen molar-refractivity contribution < 1.29 is 4.79 Å². The Morgan fingerprint density at radius 2 is 2.05 bits per heavy atom. The van der Waals surface area contributed by atoms with Gasteiger partial charge in [0.15, 0.2) is 0 Å². The Hall–Kier alpha value is -0.610. The van der Waals surface area contributed by atoms with Crippen LogP contribution >= 0.6 is 0 Å². The van der Waals surface area contributed by atoms with Crippen LogP contribution in [0, 0.1) is 11.8 Å². The number of nitrogens with zero attached hydrogens (tertiary/aromatic N) is 1. The van der Waals surface area contributed by atoms with Gasteiger partial charge in [0.05, 0.1) is 0 Å². The molecule has 2 saturated heterocycles. The predicted molar refractivity (Wildman–Crippen MR) is 78.0 cm³/mol. The Labute approximate surface area is 117 Å². The number of piperidine rings is 2. The van der Waals surface area contributed by atoms with Crippen LogP contribution in [0.1, 0.15) is 39.0 Å². The van der Waals surface area contributed by atoms with E-state index in [4.69, 9.17) is 0 Å². The summed E-state index contributed by atoms with van der Waals surface area (Å²) in [4.78, 5) is 14.5. The summed E-state index contributed by atoms with van der Waals surface area (Å²) in [6, 6.07) is 0.485. The summed E-state index contributed by atoms with van der Waals surface area (Å²) in [5.74, 6) is 1.32. The smallest absolute Gasteiger partial charge is 0.223 e. The topological polar surface area (TPSA) is 44.4 Å². The standard InChI is InChI=1S/C15H29N3O/c1-12-11-14(4-8-16-12)15(19)17-7-3-13-5-9-18(2)10-6-13/h12-14,16H,3-11H2,1-2H3,(H,17,19). The lowest BCUT2D eigenvalue weighted by Gasteiger charge is -2.29. The van der Waals surface area contributed by atoms with E-state index in [1.807, 2.05) is 0 Å². The Balaban J connectivity index is 1.61. The molecule has 2 rings (SSSR count). The van der Waals surface area contributed by atoms with E-state index in [1.165, 1.54) is 25.9 Å².